The first kappa shape index (κ1) is 14.9. The molecule has 5 heteroatoms. The first-order valence-corrected chi connectivity index (χ1v) is 5.61. The Balaban J connectivity index is 4.05. The average Bonchev–Trinajstić information content (AvgIpc) is 2.22. The average molecular weight is 231 g/mol. The van der Waals surface area contributed by atoms with Gasteiger partial charge in [0.25, 0.3) is 0 Å². The number of carbonyl (C=O) groups is 2. The highest BCUT2D eigenvalue weighted by molar-refractivity contribution is 5.73. The summed E-state index contributed by atoms with van der Waals surface area (Å²) < 4.78 is 4.78. The van der Waals surface area contributed by atoms with Gasteiger partial charge in [-0.1, -0.05) is 13.3 Å². The Kier molecular flexibility index (Phi) is 7.54. The van der Waals surface area contributed by atoms with Gasteiger partial charge in [-0.05, 0) is 20.4 Å². The lowest BCUT2D eigenvalue weighted by atomic mass is 10.1. The van der Waals surface area contributed by atoms with Crippen LogP contribution >= 0.6 is 0 Å². The van der Waals surface area contributed by atoms with E-state index in [1.54, 1.807) is 18.9 Å². The highest BCUT2D eigenvalue weighted by atomic mass is 16.5. The minimum absolute atomic E-state index is 0.234. The van der Waals surface area contributed by atoms with Crippen molar-refractivity contribution in [2.24, 2.45) is 0 Å². The fraction of sp³-hybridized carbons (Fsp3) is 0.818. The molecular weight excluding hydrogens is 210 g/mol. The summed E-state index contributed by atoms with van der Waals surface area (Å²) in [6, 6.07) is -0.514. The van der Waals surface area contributed by atoms with Crippen LogP contribution in [0.15, 0.2) is 0 Å². The van der Waals surface area contributed by atoms with Crippen LogP contribution in [0.4, 0.5) is 0 Å². The molecule has 1 unspecified atom stereocenters. The molecule has 5 nitrogen and oxygen atoms in total. The highest BCUT2D eigenvalue weighted by Crippen LogP contribution is 2.06. The van der Waals surface area contributed by atoms with E-state index < -0.39 is 12.0 Å². The van der Waals surface area contributed by atoms with E-state index in [1.165, 1.54) is 0 Å². The Morgan fingerprint density at radius 1 is 1.38 bits per heavy atom. The topological polar surface area (TPSA) is 66.8 Å². The van der Waals surface area contributed by atoms with E-state index in [1.807, 2.05) is 6.92 Å². The Morgan fingerprint density at radius 3 is 2.44 bits per heavy atom. The van der Waals surface area contributed by atoms with Crippen molar-refractivity contribution in [3.05, 3.63) is 0 Å². The van der Waals surface area contributed by atoms with E-state index in [0.29, 0.717) is 19.6 Å². The molecule has 94 valence electrons. The van der Waals surface area contributed by atoms with E-state index in [-0.39, 0.29) is 12.4 Å². The Bertz CT molecular complexity index is 230. The first-order chi connectivity index (χ1) is 7.52. The van der Waals surface area contributed by atoms with E-state index in [2.05, 4.69) is 0 Å². The normalized spacial score (nSPS) is 12.5. The molecule has 0 aliphatic carbocycles. The molecule has 0 spiro atoms. The summed E-state index contributed by atoms with van der Waals surface area (Å²) >= 11 is 0. The van der Waals surface area contributed by atoms with Crippen molar-refractivity contribution < 1.29 is 19.4 Å². The van der Waals surface area contributed by atoms with Crippen LogP contribution < -0.4 is 0 Å². The van der Waals surface area contributed by atoms with Crippen molar-refractivity contribution in [2.45, 2.75) is 39.2 Å². The van der Waals surface area contributed by atoms with Crippen molar-refractivity contribution in [2.75, 3.05) is 20.2 Å². The summed E-state index contributed by atoms with van der Waals surface area (Å²) in [6.07, 6.45) is 1.63. The smallest absolute Gasteiger partial charge is 0.320 e. The zero-order valence-corrected chi connectivity index (χ0v) is 10.2. The molecule has 1 N–H and O–H groups in total. The summed E-state index contributed by atoms with van der Waals surface area (Å²) in [4.78, 5) is 23.7. The van der Waals surface area contributed by atoms with Crippen LogP contribution in [0.2, 0.25) is 0 Å². The van der Waals surface area contributed by atoms with E-state index in [0.717, 1.165) is 6.42 Å². The second kappa shape index (κ2) is 8.10. The lowest BCUT2D eigenvalue weighted by Gasteiger charge is -2.23. The second-order valence-corrected chi connectivity index (χ2v) is 3.68. The van der Waals surface area contributed by atoms with Crippen LogP contribution in [0, 0.1) is 0 Å². The Morgan fingerprint density at radius 2 is 2.00 bits per heavy atom. The number of hydrogen-bond donors (Lipinski definition) is 1. The molecular formula is C11H21NO4. The fourth-order valence-electron chi connectivity index (χ4n) is 1.46. The minimum Gasteiger partial charge on any atom is -0.480 e. The molecule has 0 bridgehead atoms. The number of likely N-dealkylation sites (N-methyl/N-ethyl adjacent to an activating group) is 1. The van der Waals surface area contributed by atoms with Crippen LogP contribution in [0.5, 0.6) is 0 Å². The zero-order valence-electron chi connectivity index (χ0n) is 10.2. The van der Waals surface area contributed by atoms with Crippen LogP contribution in [0.3, 0.4) is 0 Å². The predicted octanol–water partition coefficient (Wildman–Crippen LogP) is 1.12. The summed E-state index contributed by atoms with van der Waals surface area (Å²) in [6.45, 7) is 4.46. The van der Waals surface area contributed by atoms with Crippen LogP contribution in [0.25, 0.3) is 0 Å². The van der Waals surface area contributed by atoms with Crippen LogP contribution in [-0.4, -0.2) is 48.2 Å². The third-order valence-electron chi connectivity index (χ3n) is 2.35. The van der Waals surface area contributed by atoms with Gasteiger partial charge in [0, 0.05) is 6.54 Å². The fourth-order valence-corrected chi connectivity index (χ4v) is 1.46. The van der Waals surface area contributed by atoms with E-state index >= 15 is 0 Å². The van der Waals surface area contributed by atoms with Gasteiger partial charge >= 0.3 is 11.9 Å². The van der Waals surface area contributed by atoms with Gasteiger partial charge < -0.3 is 9.84 Å². The van der Waals surface area contributed by atoms with Gasteiger partial charge in [-0.25, -0.2) is 0 Å². The molecule has 0 aliphatic rings. The van der Waals surface area contributed by atoms with Crippen LogP contribution in [0.1, 0.15) is 33.1 Å². The van der Waals surface area contributed by atoms with Crippen molar-refractivity contribution >= 4 is 11.9 Å². The number of carboxylic acid groups (broad SMARTS) is 1. The zero-order chi connectivity index (χ0) is 12.6. The second-order valence-electron chi connectivity index (χ2n) is 3.68. The number of ether oxygens (including phenoxy) is 1. The Labute approximate surface area is 96.4 Å². The maximum absolute atomic E-state index is 11.1. The first-order valence-electron chi connectivity index (χ1n) is 5.61. The lowest BCUT2D eigenvalue weighted by Crippen LogP contribution is -2.39. The molecule has 0 aromatic carbocycles. The molecule has 0 saturated heterocycles. The number of hydrogen-bond acceptors (Lipinski definition) is 4. The monoisotopic (exact) mass is 231 g/mol. The number of aliphatic carboxylic acids is 1. The standard InChI is InChI=1S/C11H21NO4/c1-4-6-9(11(14)15)12(3)8-7-10(13)16-5-2/h9H,4-8H2,1-3H3,(H,14,15). The molecule has 0 saturated carbocycles. The molecule has 0 heterocycles. The summed E-state index contributed by atoms with van der Waals surface area (Å²) in [5.74, 6) is -1.12. The van der Waals surface area contributed by atoms with E-state index in [4.69, 9.17) is 9.84 Å². The van der Waals surface area contributed by atoms with E-state index in [9.17, 15) is 9.59 Å². The SMILES string of the molecule is CCCC(C(=O)O)N(C)CCC(=O)OCC. The molecule has 0 aromatic rings. The maximum Gasteiger partial charge on any atom is 0.320 e. The largest absolute Gasteiger partial charge is 0.480 e. The molecule has 0 amide bonds. The number of carboxylic acids is 1. The van der Waals surface area contributed by atoms with Gasteiger partial charge in [0.05, 0.1) is 13.0 Å². The van der Waals surface area contributed by atoms with Crippen molar-refractivity contribution in [1.82, 2.24) is 4.90 Å². The van der Waals surface area contributed by atoms with Crippen molar-refractivity contribution in [1.29, 1.82) is 0 Å². The molecule has 0 fully saturated rings. The number of carbonyl (C=O) groups excluding carboxylic acids is 1. The summed E-state index contributed by atoms with van der Waals surface area (Å²) in [5.41, 5.74) is 0. The molecule has 16 heavy (non-hydrogen) atoms. The number of esters is 1. The van der Waals surface area contributed by atoms with Gasteiger partial charge in [0.2, 0.25) is 0 Å². The molecule has 0 radical (unpaired) electrons. The molecule has 0 aliphatic heterocycles. The Hall–Kier alpha value is -1.10. The molecule has 1 atom stereocenters. The maximum atomic E-state index is 11.1. The van der Waals surface area contributed by atoms with Crippen molar-refractivity contribution in [3.8, 4) is 0 Å². The quantitative estimate of drug-likeness (QED) is 0.634. The predicted molar refractivity (Wildman–Crippen MR) is 60.2 cm³/mol. The molecule has 0 aromatic heterocycles. The van der Waals surface area contributed by atoms with Gasteiger partial charge in [-0.3, -0.25) is 14.5 Å². The summed E-state index contributed by atoms with van der Waals surface area (Å²) in [5, 5.41) is 8.99. The van der Waals surface area contributed by atoms with Gasteiger partial charge in [0.1, 0.15) is 6.04 Å². The van der Waals surface area contributed by atoms with Gasteiger partial charge in [-0.2, -0.15) is 0 Å². The minimum atomic E-state index is -0.840. The van der Waals surface area contributed by atoms with Gasteiger partial charge in [-0.15, -0.1) is 0 Å². The van der Waals surface area contributed by atoms with Crippen LogP contribution in [-0.2, 0) is 14.3 Å². The van der Waals surface area contributed by atoms with Crippen molar-refractivity contribution in [3.63, 3.8) is 0 Å². The third-order valence-corrected chi connectivity index (χ3v) is 2.35. The third kappa shape index (κ3) is 5.70. The lowest BCUT2D eigenvalue weighted by molar-refractivity contribution is -0.146. The highest BCUT2D eigenvalue weighted by Gasteiger charge is 2.21. The number of nitrogens with zero attached hydrogens (tertiary/aromatic N) is 1. The molecule has 0 rings (SSSR count). The number of rotatable bonds is 8. The summed E-state index contributed by atoms with van der Waals surface area (Å²) in [7, 11) is 1.72. The van der Waals surface area contributed by atoms with Gasteiger partial charge in [0.15, 0.2) is 0 Å².